The number of carbonyl (C=O) groups is 2. The van der Waals surface area contributed by atoms with Crippen LogP contribution in [0.3, 0.4) is 0 Å². The Balaban J connectivity index is 1.60. The standard InChI is InChI=1S/C21H18ClN3O2/c22-16-8-4-9-17(14-16)24-21(27)19-11-5-10-18(25-19)20(26)23-13-12-15-6-2-1-3-7-15/h1-11,14H,12-13H2,(H,23,26)(H,24,27). The van der Waals surface area contributed by atoms with Crippen molar-refractivity contribution in [3.8, 4) is 0 Å². The molecule has 0 fully saturated rings. The Hall–Kier alpha value is -3.18. The van der Waals surface area contributed by atoms with Crippen LogP contribution >= 0.6 is 11.6 Å². The van der Waals surface area contributed by atoms with Crippen molar-refractivity contribution < 1.29 is 9.59 Å². The molecule has 0 spiro atoms. The van der Waals surface area contributed by atoms with E-state index in [4.69, 9.17) is 11.6 Å². The summed E-state index contributed by atoms with van der Waals surface area (Å²) in [5.74, 6) is -0.723. The monoisotopic (exact) mass is 379 g/mol. The first-order valence-electron chi connectivity index (χ1n) is 8.48. The molecule has 136 valence electrons. The molecule has 0 aliphatic heterocycles. The summed E-state index contributed by atoms with van der Waals surface area (Å²) < 4.78 is 0. The van der Waals surface area contributed by atoms with Gasteiger partial charge in [0.05, 0.1) is 0 Å². The van der Waals surface area contributed by atoms with Gasteiger partial charge in [0.25, 0.3) is 11.8 Å². The van der Waals surface area contributed by atoms with Gasteiger partial charge in [-0.2, -0.15) is 0 Å². The van der Waals surface area contributed by atoms with Crippen LogP contribution in [0.1, 0.15) is 26.5 Å². The number of nitrogens with one attached hydrogen (secondary N) is 2. The summed E-state index contributed by atoms with van der Waals surface area (Å²) >= 11 is 5.91. The molecular weight excluding hydrogens is 362 g/mol. The van der Waals surface area contributed by atoms with Crippen molar-refractivity contribution in [2.24, 2.45) is 0 Å². The highest BCUT2D eigenvalue weighted by atomic mass is 35.5. The first-order valence-corrected chi connectivity index (χ1v) is 8.86. The summed E-state index contributed by atoms with van der Waals surface area (Å²) in [5.41, 5.74) is 2.06. The molecule has 1 heterocycles. The smallest absolute Gasteiger partial charge is 0.274 e. The van der Waals surface area contributed by atoms with E-state index in [9.17, 15) is 9.59 Å². The van der Waals surface area contributed by atoms with Gasteiger partial charge in [0.1, 0.15) is 11.4 Å². The van der Waals surface area contributed by atoms with Gasteiger partial charge in [-0.1, -0.05) is 54.1 Å². The van der Waals surface area contributed by atoms with Gasteiger partial charge in [-0.05, 0) is 42.3 Å². The topological polar surface area (TPSA) is 71.1 Å². The Morgan fingerprint density at radius 2 is 1.56 bits per heavy atom. The Kier molecular flexibility index (Phi) is 6.18. The number of benzene rings is 2. The molecule has 0 atom stereocenters. The van der Waals surface area contributed by atoms with Gasteiger partial charge in [-0.3, -0.25) is 9.59 Å². The van der Waals surface area contributed by atoms with Gasteiger partial charge < -0.3 is 10.6 Å². The molecule has 0 saturated carbocycles. The summed E-state index contributed by atoms with van der Waals surface area (Å²) in [6.07, 6.45) is 0.724. The third-order valence-electron chi connectivity index (χ3n) is 3.84. The average Bonchev–Trinajstić information content (AvgIpc) is 2.69. The Labute approximate surface area is 162 Å². The van der Waals surface area contributed by atoms with E-state index < -0.39 is 5.91 Å². The molecule has 6 heteroatoms. The highest BCUT2D eigenvalue weighted by Gasteiger charge is 2.12. The van der Waals surface area contributed by atoms with E-state index in [-0.39, 0.29) is 17.3 Å². The zero-order chi connectivity index (χ0) is 19.1. The average molecular weight is 380 g/mol. The van der Waals surface area contributed by atoms with Gasteiger partial charge in [-0.15, -0.1) is 0 Å². The lowest BCUT2D eigenvalue weighted by Crippen LogP contribution is -2.27. The van der Waals surface area contributed by atoms with Crippen LogP contribution in [0.4, 0.5) is 5.69 Å². The molecule has 3 aromatic rings. The Morgan fingerprint density at radius 3 is 2.30 bits per heavy atom. The number of rotatable bonds is 6. The maximum Gasteiger partial charge on any atom is 0.274 e. The fraction of sp³-hybridized carbons (Fsp3) is 0.0952. The van der Waals surface area contributed by atoms with Crippen LogP contribution in [0.5, 0.6) is 0 Å². The van der Waals surface area contributed by atoms with E-state index in [0.29, 0.717) is 17.3 Å². The van der Waals surface area contributed by atoms with E-state index in [1.165, 1.54) is 0 Å². The van der Waals surface area contributed by atoms with Gasteiger partial charge in [-0.25, -0.2) is 4.98 Å². The Bertz CT molecular complexity index is 945. The second-order valence-electron chi connectivity index (χ2n) is 5.86. The zero-order valence-corrected chi connectivity index (χ0v) is 15.2. The predicted octanol–water partition coefficient (Wildman–Crippen LogP) is 3.96. The molecular formula is C21H18ClN3O2. The predicted molar refractivity (Wildman–Crippen MR) is 106 cm³/mol. The van der Waals surface area contributed by atoms with Crippen LogP contribution in [0.15, 0.2) is 72.8 Å². The molecule has 0 unspecified atom stereocenters. The number of hydrogen-bond donors (Lipinski definition) is 2. The number of halogens is 1. The quantitative estimate of drug-likeness (QED) is 0.681. The van der Waals surface area contributed by atoms with Crippen LogP contribution in [-0.4, -0.2) is 23.3 Å². The number of pyridine rings is 1. The summed E-state index contributed by atoms with van der Waals surface area (Å²) in [6, 6.07) is 21.5. The minimum absolute atomic E-state index is 0.158. The third-order valence-corrected chi connectivity index (χ3v) is 4.07. The lowest BCUT2D eigenvalue weighted by molar-refractivity contribution is 0.0949. The highest BCUT2D eigenvalue weighted by molar-refractivity contribution is 6.30. The molecule has 2 amide bonds. The summed E-state index contributed by atoms with van der Waals surface area (Å²) in [5, 5.41) is 6.05. The molecule has 27 heavy (non-hydrogen) atoms. The SMILES string of the molecule is O=C(NCCc1ccccc1)c1cccc(C(=O)Nc2cccc(Cl)c2)n1. The van der Waals surface area contributed by atoms with Crippen molar-refractivity contribution in [3.05, 3.63) is 94.8 Å². The van der Waals surface area contributed by atoms with Crippen molar-refractivity contribution >= 4 is 29.1 Å². The first-order chi connectivity index (χ1) is 13.1. The molecule has 2 N–H and O–H groups in total. The van der Waals surface area contributed by atoms with Gasteiger partial charge >= 0.3 is 0 Å². The maximum absolute atomic E-state index is 12.4. The van der Waals surface area contributed by atoms with E-state index in [2.05, 4.69) is 15.6 Å². The molecule has 1 aromatic heterocycles. The van der Waals surface area contributed by atoms with Crippen molar-refractivity contribution in [1.82, 2.24) is 10.3 Å². The van der Waals surface area contributed by atoms with Gasteiger partial charge in [0.2, 0.25) is 0 Å². The molecule has 0 bridgehead atoms. The molecule has 0 radical (unpaired) electrons. The summed E-state index contributed by atoms with van der Waals surface area (Å²) in [7, 11) is 0. The highest BCUT2D eigenvalue weighted by Crippen LogP contribution is 2.15. The van der Waals surface area contributed by atoms with Crippen LogP contribution in [-0.2, 0) is 6.42 Å². The number of hydrogen-bond acceptors (Lipinski definition) is 3. The van der Waals surface area contributed by atoms with Crippen molar-refractivity contribution in [1.29, 1.82) is 0 Å². The van der Waals surface area contributed by atoms with E-state index in [0.717, 1.165) is 12.0 Å². The molecule has 0 saturated heterocycles. The van der Waals surface area contributed by atoms with Gasteiger partial charge in [0, 0.05) is 17.3 Å². The largest absolute Gasteiger partial charge is 0.350 e. The fourth-order valence-electron chi connectivity index (χ4n) is 2.50. The Morgan fingerprint density at radius 1 is 0.852 bits per heavy atom. The number of nitrogens with zero attached hydrogens (tertiary/aromatic N) is 1. The van der Waals surface area contributed by atoms with Crippen LogP contribution < -0.4 is 10.6 Å². The molecule has 2 aromatic carbocycles. The third kappa shape index (κ3) is 5.39. The molecule has 0 aliphatic carbocycles. The van der Waals surface area contributed by atoms with Crippen molar-refractivity contribution in [2.45, 2.75) is 6.42 Å². The molecule has 0 aliphatic rings. The summed E-state index contributed by atoms with van der Waals surface area (Å²) in [6.45, 7) is 0.490. The maximum atomic E-state index is 12.4. The first kappa shape index (κ1) is 18.6. The molecule has 3 rings (SSSR count). The van der Waals surface area contributed by atoms with Crippen LogP contribution in [0.2, 0.25) is 5.02 Å². The lowest BCUT2D eigenvalue weighted by atomic mass is 10.1. The van der Waals surface area contributed by atoms with E-state index in [1.807, 2.05) is 30.3 Å². The summed E-state index contributed by atoms with van der Waals surface area (Å²) in [4.78, 5) is 28.8. The second-order valence-corrected chi connectivity index (χ2v) is 6.30. The van der Waals surface area contributed by atoms with Gasteiger partial charge in [0.15, 0.2) is 0 Å². The van der Waals surface area contributed by atoms with Crippen molar-refractivity contribution in [2.75, 3.05) is 11.9 Å². The van der Waals surface area contributed by atoms with Crippen LogP contribution in [0, 0.1) is 0 Å². The van der Waals surface area contributed by atoms with Crippen LogP contribution in [0.25, 0.3) is 0 Å². The number of aromatic nitrogens is 1. The fourth-order valence-corrected chi connectivity index (χ4v) is 2.69. The second kappa shape index (κ2) is 8.96. The normalized spacial score (nSPS) is 10.3. The van der Waals surface area contributed by atoms with Crippen molar-refractivity contribution in [3.63, 3.8) is 0 Å². The number of carbonyl (C=O) groups excluding carboxylic acids is 2. The zero-order valence-electron chi connectivity index (χ0n) is 14.5. The molecule has 5 nitrogen and oxygen atoms in total. The minimum atomic E-state index is -0.406. The van der Waals surface area contributed by atoms with E-state index in [1.54, 1.807) is 42.5 Å². The lowest BCUT2D eigenvalue weighted by Gasteiger charge is -2.08. The van der Waals surface area contributed by atoms with E-state index >= 15 is 0 Å². The minimum Gasteiger partial charge on any atom is -0.350 e. The number of amides is 2. The number of anilines is 1.